The maximum absolute atomic E-state index is 5.65. The molecule has 15 heavy (non-hydrogen) atoms. The predicted octanol–water partition coefficient (Wildman–Crippen LogP) is 2.87. The van der Waals surface area contributed by atoms with Crippen LogP contribution in [0.2, 0.25) is 0 Å². The Hall–Kier alpha value is -0.740. The van der Waals surface area contributed by atoms with Crippen LogP contribution in [0.15, 0.2) is 22.7 Å². The Balaban J connectivity index is 2.31. The number of methoxy groups -OCH3 is 1. The molecule has 3 N–H and O–H groups in total. The summed E-state index contributed by atoms with van der Waals surface area (Å²) in [4.78, 5) is 0. The van der Waals surface area contributed by atoms with E-state index in [2.05, 4.69) is 21.2 Å². The van der Waals surface area contributed by atoms with Crippen LogP contribution in [0.3, 0.4) is 0 Å². The summed E-state index contributed by atoms with van der Waals surface area (Å²) in [5, 5.41) is 3.34. The molecule has 1 aromatic carbocycles. The number of ether oxygens (including phenoxy) is 1. The average Bonchev–Trinajstić information content (AvgIpc) is 2.20. The van der Waals surface area contributed by atoms with E-state index in [-0.39, 0.29) is 0 Å². The maximum Gasteiger partial charge on any atom is 0.0486 e. The first-order valence-corrected chi connectivity index (χ1v) is 5.81. The van der Waals surface area contributed by atoms with Crippen molar-refractivity contribution in [3.63, 3.8) is 0 Å². The Bertz CT molecular complexity index is 305. The number of unbranched alkanes of at least 4 members (excludes halogenated alkanes) is 1. The fourth-order valence-corrected chi connectivity index (χ4v) is 1.81. The lowest BCUT2D eigenvalue weighted by atomic mass is 10.2. The summed E-state index contributed by atoms with van der Waals surface area (Å²) < 4.78 is 5.99. The molecule has 0 radical (unpaired) electrons. The molecular formula is C11H17BrN2O. The predicted molar refractivity (Wildman–Crippen MR) is 68.2 cm³/mol. The van der Waals surface area contributed by atoms with Crippen LogP contribution in [0.1, 0.15) is 12.8 Å². The number of nitrogens with two attached hydrogens (primary N) is 1. The molecule has 0 bridgehead atoms. The molecule has 0 aromatic heterocycles. The number of halogens is 1. The van der Waals surface area contributed by atoms with Gasteiger partial charge in [-0.2, -0.15) is 0 Å². The van der Waals surface area contributed by atoms with Gasteiger partial charge in [0.25, 0.3) is 0 Å². The zero-order valence-electron chi connectivity index (χ0n) is 8.92. The van der Waals surface area contributed by atoms with Gasteiger partial charge in [-0.15, -0.1) is 0 Å². The van der Waals surface area contributed by atoms with Crippen molar-refractivity contribution < 1.29 is 4.74 Å². The van der Waals surface area contributed by atoms with Gasteiger partial charge >= 0.3 is 0 Å². The highest BCUT2D eigenvalue weighted by molar-refractivity contribution is 9.10. The molecule has 0 fully saturated rings. The van der Waals surface area contributed by atoms with Gasteiger partial charge < -0.3 is 15.8 Å². The number of benzene rings is 1. The van der Waals surface area contributed by atoms with Crippen LogP contribution >= 0.6 is 15.9 Å². The lowest BCUT2D eigenvalue weighted by molar-refractivity contribution is 0.194. The highest BCUT2D eigenvalue weighted by Gasteiger charge is 1.98. The average molecular weight is 273 g/mol. The maximum atomic E-state index is 5.65. The molecule has 84 valence electrons. The van der Waals surface area contributed by atoms with Gasteiger partial charge in [0.15, 0.2) is 0 Å². The van der Waals surface area contributed by atoms with E-state index in [0.717, 1.165) is 41.8 Å². The lowest BCUT2D eigenvalue weighted by Crippen LogP contribution is -2.03. The van der Waals surface area contributed by atoms with E-state index >= 15 is 0 Å². The summed E-state index contributed by atoms with van der Waals surface area (Å²) in [6.07, 6.45) is 2.18. The van der Waals surface area contributed by atoms with E-state index in [9.17, 15) is 0 Å². The van der Waals surface area contributed by atoms with Crippen LogP contribution in [0, 0.1) is 0 Å². The molecule has 0 amide bonds. The van der Waals surface area contributed by atoms with E-state index in [1.54, 1.807) is 7.11 Å². The Morgan fingerprint density at radius 1 is 1.40 bits per heavy atom. The fourth-order valence-electron chi connectivity index (χ4n) is 1.27. The molecule has 0 saturated heterocycles. The minimum atomic E-state index is 0.770. The van der Waals surface area contributed by atoms with Gasteiger partial charge in [0.1, 0.15) is 0 Å². The minimum Gasteiger partial charge on any atom is -0.399 e. The number of hydrogen-bond donors (Lipinski definition) is 2. The number of hydrogen-bond acceptors (Lipinski definition) is 3. The summed E-state index contributed by atoms with van der Waals surface area (Å²) in [7, 11) is 1.73. The normalized spacial score (nSPS) is 10.3. The van der Waals surface area contributed by atoms with Crippen molar-refractivity contribution in [3.05, 3.63) is 22.7 Å². The smallest absolute Gasteiger partial charge is 0.0486 e. The summed E-state index contributed by atoms with van der Waals surface area (Å²) in [6, 6.07) is 5.77. The number of nitrogens with one attached hydrogen (secondary N) is 1. The van der Waals surface area contributed by atoms with E-state index < -0.39 is 0 Å². The van der Waals surface area contributed by atoms with Crippen molar-refractivity contribution in [1.29, 1.82) is 0 Å². The second kappa shape index (κ2) is 6.69. The van der Waals surface area contributed by atoms with Crippen LogP contribution in [0.25, 0.3) is 0 Å². The van der Waals surface area contributed by atoms with Crippen LogP contribution in [-0.4, -0.2) is 20.3 Å². The van der Waals surface area contributed by atoms with Crippen LogP contribution in [0.4, 0.5) is 11.4 Å². The molecule has 0 spiro atoms. The first kappa shape index (κ1) is 12.3. The second-order valence-corrected chi connectivity index (χ2v) is 4.22. The van der Waals surface area contributed by atoms with Gasteiger partial charge in [0.2, 0.25) is 0 Å². The van der Waals surface area contributed by atoms with Gasteiger partial charge in [0, 0.05) is 36.1 Å². The Kier molecular flexibility index (Phi) is 5.50. The first-order valence-electron chi connectivity index (χ1n) is 5.02. The summed E-state index contributed by atoms with van der Waals surface area (Å²) in [5.41, 5.74) is 7.50. The Morgan fingerprint density at radius 3 is 2.87 bits per heavy atom. The van der Waals surface area contributed by atoms with Crippen molar-refractivity contribution >= 4 is 27.3 Å². The van der Waals surface area contributed by atoms with Crippen molar-refractivity contribution in [2.24, 2.45) is 0 Å². The van der Waals surface area contributed by atoms with Crippen LogP contribution in [-0.2, 0) is 4.74 Å². The first-order chi connectivity index (χ1) is 7.24. The number of rotatable bonds is 6. The van der Waals surface area contributed by atoms with E-state index in [0.29, 0.717) is 0 Å². The Morgan fingerprint density at radius 2 is 2.20 bits per heavy atom. The van der Waals surface area contributed by atoms with Crippen molar-refractivity contribution in [2.75, 3.05) is 31.3 Å². The third-order valence-electron chi connectivity index (χ3n) is 2.08. The highest BCUT2D eigenvalue weighted by atomic mass is 79.9. The molecule has 0 saturated carbocycles. The third kappa shape index (κ3) is 4.53. The molecular weight excluding hydrogens is 256 g/mol. The minimum absolute atomic E-state index is 0.770. The van der Waals surface area contributed by atoms with Gasteiger partial charge in [-0.25, -0.2) is 0 Å². The second-order valence-electron chi connectivity index (χ2n) is 3.37. The molecule has 3 nitrogen and oxygen atoms in total. The standard InChI is InChI=1S/C11H17BrN2O/c1-15-7-3-2-6-14-11-5-4-9(13)8-10(11)12/h4-5,8,14H,2-3,6-7,13H2,1H3. The summed E-state index contributed by atoms with van der Waals surface area (Å²) in [6.45, 7) is 1.77. The SMILES string of the molecule is COCCCCNc1ccc(N)cc1Br. The topological polar surface area (TPSA) is 47.3 Å². The zero-order valence-corrected chi connectivity index (χ0v) is 10.5. The summed E-state index contributed by atoms with van der Waals surface area (Å²) in [5.74, 6) is 0. The molecule has 0 aliphatic heterocycles. The molecule has 1 aromatic rings. The van der Waals surface area contributed by atoms with Crippen LogP contribution in [0.5, 0.6) is 0 Å². The molecule has 0 heterocycles. The number of anilines is 2. The molecule has 4 heteroatoms. The monoisotopic (exact) mass is 272 g/mol. The number of nitrogen functional groups attached to an aromatic ring is 1. The van der Waals surface area contributed by atoms with Gasteiger partial charge in [-0.3, -0.25) is 0 Å². The van der Waals surface area contributed by atoms with Gasteiger partial charge in [-0.1, -0.05) is 0 Å². The van der Waals surface area contributed by atoms with E-state index in [1.807, 2.05) is 18.2 Å². The molecule has 0 aliphatic carbocycles. The van der Waals surface area contributed by atoms with Crippen molar-refractivity contribution in [1.82, 2.24) is 0 Å². The molecule has 0 aliphatic rings. The third-order valence-corrected chi connectivity index (χ3v) is 2.74. The Labute approximate surface area is 99.1 Å². The van der Waals surface area contributed by atoms with E-state index in [1.165, 1.54) is 0 Å². The molecule has 0 unspecified atom stereocenters. The summed E-state index contributed by atoms with van der Waals surface area (Å²) >= 11 is 3.46. The molecule has 1 rings (SSSR count). The van der Waals surface area contributed by atoms with Crippen molar-refractivity contribution in [3.8, 4) is 0 Å². The fraction of sp³-hybridized carbons (Fsp3) is 0.455. The lowest BCUT2D eigenvalue weighted by Gasteiger charge is -2.08. The highest BCUT2D eigenvalue weighted by Crippen LogP contribution is 2.24. The molecule has 0 atom stereocenters. The quantitative estimate of drug-likeness (QED) is 0.619. The zero-order chi connectivity index (χ0) is 11.1. The van der Waals surface area contributed by atoms with Gasteiger partial charge in [0.05, 0.1) is 0 Å². The van der Waals surface area contributed by atoms with Crippen molar-refractivity contribution in [2.45, 2.75) is 12.8 Å². The largest absolute Gasteiger partial charge is 0.399 e. The van der Waals surface area contributed by atoms with E-state index in [4.69, 9.17) is 10.5 Å². The van der Waals surface area contributed by atoms with Crippen LogP contribution < -0.4 is 11.1 Å². The van der Waals surface area contributed by atoms with Gasteiger partial charge in [-0.05, 0) is 47.0 Å².